The number of carbonyl (C=O) groups is 2. The number of aromatic nitrogens is 2. The molecule has 0 bridgehead atoms. The molecule has 1 N–H and O–H groups in total. The predicted octanol–water partition coefficient (Wildman–Crippen LogP) is 4.40. The highest BCUT2D eigenvalue weighted by Crippen LogP contribution is 2.43. The lowest BCUT2D eigenvalue weighted by Crippen LogP contribution is -2.21. The minimum Gasteiger partial charge on any atom is -0.494 e. The summed E-state index contributed by atoms with van der Waals surface area (Å²) in [6.45, 7) is 2.90. The van der Waals surface area contributed by atoms with E-state index in [4.69, 9.17) is 9.84 Å². The molecule has 7 nitrogen and oxygen atoms in total. The molecule has 3 aromatic rings. The number of hydrogen-bond acceptors (Lipinski definition) is 6. The minimum absolute atomic E-state index is 0.201. The van der Waals surface area contributed by atoms with Gasteiger partial charge < -0.3 is 14.7 Å². The maximum atomic E-state index is 12.8. The molecule has 2 aliphatic carbocycles. The molecule has 2 atom stereocenters. The number of carbonyl (C=O) groups excluding carboxylic acids is 1. The zero-order valence-corrected chi connectivity index (χ0v) is 18.1. The van der Waals surface area contributed by atoms with E-state index in [9.17, 15) is 9.59 Å². The molecule has 7 heteroatoms. The van der Waals surface area contributed by atoms with Crippen LogP contribution in [0.2, 0.25) is 0 Å². The van der Waals surface area contributed by atoms with Gasteiger partial charge in [-0.25, -0.2) is 4.98 Å². The predicted molar refractivity (Wildman–Crippen MR) is 121 cm³/mol. The Kier molecular flexibility index (Phi) is 5.04. The number of hydrogen-bond donors (Lipinski definition) is 1. The Morgan fingerprint density at radius 2 is 2.00 bits per heavy atom. The molecule has 1 aromatic carbocycles. The van der Waals surface area contributed by atoms with Gasteiger partial charge in [-0.05, 0) is 55.9 Å². The van der Waals surface area contributed by atoms with Crippen LogP contribution in [0.3, 0.4) is 0 Å². The van der Waals surface area contributed by atoms with Gasteiger partial charge in [0.05, 0.1) is 36.1 Å². The van der Waals surface area contributed by atoms with E-state index >= 15 is 0 Å². The number of pyridine rings is 2. The molecule has 2 fully saturated rings. The number of benzene rings is 1. The van der Waals surface area contributed by atoms with Gasteiger partial charge >= 0.3 is 5.97 Å². The summed E-state index contributed by atoms with van der Waals surface area (Å²) >= 11 is 0. The number of nitrogens with zero attached hydrogens (tertiary/aromatic N) is 3. The molecule has 0 amide bonds. The second kappa shape index (κ2) is 7.89. The van der Waals surface area contributed by atoms with Gasteiger partial charge in [0, 0.05) is 30.1 Å². The molecule has 2 aliphatic rings. The van der Waals surface area contributed by atoms with E-state index in [1.807, 2.05) is 12.1 Å². The van der Waals surface area contributed by atoms with Gasteiger partial charge in [0.1, 0.15) is 11.4 Å². The maximum absolute atomic E-state index is 12.8. The molecule has 164 valence electrons. The van der Waals surface area contributed by atoms with Crippen molar-refractivity contribution in [1.82, 2.24) is 9.97 Å². The van der Waals surface area contributed by atoms with Crippen molar-refractivity contribution in [2.75, 3.05) is 18.6 Å². The SMILES string of the molecule is COc1cc(N(CC2CC2)c2ccc(C)c3ncccc23)cnc1C(=O)C1CC1C(=O)O. The number of Topliss-reactive ketones (excluding diaryl/α,β-unsaturated/α-hetero) is 1. The van der Waals surface area contributed by atoms with Gasteiger partial charge in [0.25, 0.3) is 0 Å². The van der Waals surface area contributed by atoms with Gasteiger partial charge in [-0.1, -0.05) is 6.07 Å². The van der Waals surface area contributed by atoms with Crippen LogP contribution in [0.15, 0.2) is 42.7 Å². The van der Waals surface area contributed by atoms with Crippen molar-refractivity contribution in [3.8, 4) is 5.75 Å². The molecule has 0 saturated heterocycles. The zero-order chi connectivity index (χ0) is 22.4. The summed E-state index contributed by atoms with van der Waals surface area (Å²) in [4.78, 5) is 35.3. The summed E-state index contributed by atoms with van der Waals surface area (Å²) < 4.78 is 5.52. The van der Waals surface area contributed by atoms with Crippen LogP contribution in [-0.4, -0.2) is 40.5 Å². The Bertz CT molecular complexity index is 1220. The lowest BCUT2D eigenvalue weighted by molar-refractivity contribution is -0.138. The average molecular weight is 431 g/mol. The number of carboxylic acids is 1. The number of aryl methyl sites for hydroxylation is 1. The maximum Gasteiger partial charge on any atom is 0.307 e. The molecule has 2 unspecified atom stereocenters. The molecule has 32 heavy (non-hydrogen) atoms. The standard InChI is InChI=1S/C25H25N3O4/c1-14-5-8-20(17-4-3-9-26-22(14)17)28(13-15-6-7-15)16-10-21(32-2)23(27-12-16)24(29)18-11-19(18)25(30)31/h3-5,8-10,12,15,18-19H,6-7,11,13H2,1-2H3,(H,30,31). The monoisotopic (exact) mass is 431 g/mol. The highest BCUT2D eigenvalue weighted by Gasteiger charge is 2.49. The van der Waals surface area contributed by atoms with E-state index in [1.165, 1.54) is 20.0 Å². The molecule has 0 spiro atoms. The molecule has 0 radical (unpaired) electrons. The van der Waals surface area contributed by atoms with Crippen molar-refractivity contribution in [1.29, 1.82) is 0 Å². The summed E-state index contributed by atoms with van der Waals surface area (Å²) in [5, 5.41) is 10.2. The molecule has 2 heterocycles. The second-order valence-corrected chi connectivity index (χ2v) is 8.75. The van der Waals surface area contributed by atoms with Crippen molar-refractivity contribution in [3.05, 3.63) is 54.0 Å². The van der Waals surface area contributed by atoms with Crippen LogP contribution >= 0.6 is 0 Å². The fourth-order valence-corrected chi connectivity index (χ4v) is 4.29. The number of anilines is 2. The van der Waals surface area contributed by atoms with Crippen LogP contribution in [0, 0.1) is 24.7 Å². The van der Waals surface area contributed by atoms with Crippen molar-refractivity contribution in [2.24, 2.45) is 17.8 Å². The van der Waals surface area contributed by atoms with Gasteiger partial charge in [-0.2, -0.15) is 0 Å². The van der Waals surface area contributed by atoms with E-state index in [-0.39, 0.29) is 11.5 Å². The third-order valence-corrected chi connectivity index (χ3v) is 6.42. The van der Waals surface area contributed by atoms with Crippen LogP contribution in [0.1, 0.15) is 35.3 Å². The van der Waals surface area contributed by atoms with E-state index in [1.54, 1.807) is 12.4 Å². The summed E-state index contributed by atoms with van der Waals surface area (Å²) in [5.41, 5.74) is 4.16. The molecule has 0 aliphatic heterocycles. The van der Waals surface area contributed by atoms with Crippen molar-refractivity contribution in [2.45, 2.75) is 26.2 Å². The minimum atomic E-state index is -0.936. The highest BCUT2D eigenvalue weighted by atomic mass is 16.5. The summed E-state index contributed by atoms with van der Waals surface area (Å²) in [6, 6.07) is 10.0. The Morgan fingerprint density at radius 3 is 2.69 bits per heavy atom. The van der Waals surface area contributed by atoms with Crippen LogP contribution in [0.5, 0.6) is 5.75 Å². The summed E-state index contributed by atoms with van der Waals surface area (Å²) in [7, 11) is 1.51. The summed E-state index contributed by atoms with van der Waals surface area (Å²) in [6.07, 6.45) is 6.24. The quantitative estimate of drug-likeness (QED) is 0.529. The fraction of sp³-hybridized carbons (Fsp3) is 0.360. The van der Waals surface area contributed by atoms with Gasteiger partial charge in [0.15, 0.2) is 5.78 Å². The smallest absolute Gasteiger partial charge is 0.307 e. The third kappa shape index (κ3) is 3.68. The first-order chi connectivity index (χ1) is 15.5. The van der Waals surface area contributed by atoms with E-state index < -0.39 is 17.8 Å². The number of fused-ring (bicyclic) bond motifs is 1. The summed E-state index contributed by atoms with van der Waals surface area (Å²) in [5.74, 6) is -1.35. The number of ether oxygens (including phenoxy) is 1. The van der Waals surface area contributed by atoms with E-state index in [2.05, 4.69) is 40.0 Å². The molecular formula is C25H25N3O4. The average Bonchev–Trinajstić information content (AvgIpc) is 3.72. The van der Waals surface area contributed by atoms with Crippen molar-refractivity contribution in [3.63, 3.8) is 0 Å². The molecule has 2 saturated carbocycles. The van der Waals surface area contributed by atoms with Gasteiger partial charge in [0.2, 0.25) is 0 Å². The number of ketones is 1. The first-order valence-corrected chi connectivity index (χ1v) is 10.9. The number of carboxylic acid groups (broad SMARTS) is 1. The Balaban J connectivity index is 1.54. The van der Waals surface area contributed by atoms with Crippen LogP contribution in [0.25, 0.3) is 10.9 Å². The topological polar surface area (TPSA) is 92.6 Å². The van der Waals surface area contributed by atoms with E-state index in [0.29, 0.717) is 18.1 Å². The first-order valence-electron chi connectivity index (χ1n) is 10.9. The number of methoxy groups -OCH3 is 1. The molecule has 2 aromatic heterocycles. The first kappa shape index (κ1) is 20.4. The van der Waals surface area contributed by atoms with Gasteiger partial charge in [-0.3, -0.25) is 14.6 Å². The third-order valence-electron chi connectivity index (χ3n) is 6.42. The molecule has 5 rings (SSSR count). The lowest BCUT2D eigenvalue weighted by Gasteiger charge is -2.27. The Morgan fingerprint density at radius 1 is 1.19 bits per heavy atom. The lowest BCUT2D eigenvalue weighted by atomic mass is 10.1. The molecular weight excluding hydrogens is 406 g/mol. The van der Waals surface area contributed by atoms with Crippen molar-refractivity contribution >= 4 is 34.0 Å². The Labute approximate surface area is 186 Å². The number of aliphatic carboxylic acids is 1. The normalized spacial score (nSPS) is 19.6. The van der Waals surface area contributed by atoms with E-state index in [0.717, 1.165) is 34.4 Å². The largest absolute Gasteiger partial charge is 0.494 e. The highest BCUT2D eigenvalue weighted by molar-refractivity contribution is 6.03. The van der Waals surface area contributed by atoms with Gasteiger partial charge in [-0.15, -0.1) is 0 Å². The van der Waals surface area contributed by atoms with Crippen LogP contribution in [0.4, 0.5) is 11.4 Å². The Hall–Kier alpha value is -3.48. The van der Waals surface area contributed by atoms with Crippen LogP contribution in [-0.2, 0) is 4.79 Å². The number of rotatable bonds is 8. The second-order valence-electron chi connectivity index (χ2n) is 8.75. The fourth-order valence-electron chi connectivity index (χ4n) is 4.29. The zero-order valence-electron chi connectivity index (χ0n) is 18.1. The van der Waals surface area contributed by atoms with Crippen molar-refractivity contribution < 1.29 is 19.4 Å². The van der Waals surface area contributed by atoms with Crippen LogP contribution < -0.4 is 9.64 Å².